The van der Waals surface area contributed by atoms with Gasteiger partial charge < -0.3 is 28.4 Å². The number of unbranched alkanes of at least 4 members (excludes halogenated alkanes) is 3. The van der Waals surface area contributed by atoms with E-state index in [1.165, 1.54) is 5.56 Å². The molecule has 3 rings (SSSR count). The minimum absolute atomic E-state index is 0.125. The molecule has 0 bridgehead atoms. The Kier molecular flexibility index (Phi) is 10.9. The largest absolute Gasteiger partial charge is 0.464 e. The molecule has 1 saturated heterocycles. The van der Waals surface area contributed by atoms with Crippen molar-refractivity contribution in [2.24, 2.45) is 5.92 Å². The molecule has 2 aliphatic rings. The second-order valence-corrected chi connectivity index (χ2v) is 9.24. The maximum Gasteiger partial charge on any atom is 0.208 e. The molecule has 0 amide bonds. The van der Waals surface area contributed by atoms with Crippen LogP contribution in [-0.2, 0) is 23.7 Å². The number of hydrogen-bond acceptors (Lipinski definition) is 6. The van der Waals surface area contributed by atoms with E-state index in [9.17, 15) is 0 Å². The van der Waals surface area contributed by atoms with E-state index in [0.717, 1.165) is 56.4 Å². The summed E-state index contributed by atoms with van der Waals surface area (Å²) in [6.45, 7) is 11.1. The van der Waals surface area contributed by atoms with Gasteiger partial charge in [-0.3, -0.25) is 0 Å². The fourth-order valence-electron chi connectivity index (χ4n) is 4.68. The average molecular weight is 465 g/mol. The highest BCUT2D eigenvalue weighted by molar-refractivity contribution is 5.41. The topological polar surface area (TPSA) is 55.4 Å². The highest BCUT2D eigenvalue weighted by Crippen LogP contribution is 2.47. The fourth-order valence-corrected chi connectivity index (χ4v) is 4.68. The number of fused-ring (bicyclic) bond motifs is 2. The van der Waals surface area contributed by atoms with Crippen LogP contribution in [0.3, 0.4) is 0 Å². The van der Waals surface area contributed by atoms with Crippen LogP contribution in [0, 0.1) is 12.8 Å². The predicted molar refractivity (Wildman–Crippen MR) is 129 cm³/mol. The van der Waals surface area contributed by atoms with Crippen molar-refractivity contribution in [2.75, 3.05) is 33.5 Å². The first-order valence-corrected chi connectivity index (χ1v) is 12.9. The lowest BCUT2D eigenvalue weighted by Gasteiger charge is -2.50. The number of hydrogen-bond donors (Lipinski definition) is 0. The summed E-state index contributed by atoms with van der Waals surface area (Å²) >= 11 is 0. The Hall–Kier alpha value is -1.18. The normalized spacial score (nSPS) is 28.8. The average Bonchev–Trinajstić information content (AvgIpc) is 2.82. The van der Waals surface area contributed by atoms with Crippen LogP contribution in [0.4, 0.5) is 0 Å². The van der Waals surface area contributed by atoms with Gasteiger partial charge in [0.2, 0.25) is 6.29 Å². The summed E-state index contributed by atoms with van der Waals surface area (Å²) in [4.78, 5) is 0. The molecule has 0 N–H and O–H groups in total. The molecular formula is C27H44O6. The van der Waals surface area contributed by atoms with E-state index in [4.69, 9.17) is 28.4 Å². The minimum Gasteiger partial charge on any atom is -0.464 e. The number of aryl methyl sites for hydroxylation is 1. The molecule has 2 aliphatic heterocycles. The van der Waals surface area contributed by atoms with Crippen LogP contribution in [0.2, 0.25) is 0 Å². The Morgan fingerprint density at radius 3 is 2.21 bits per heavy atom. The Bertz CT molecular complexity index is 695. The van der Waals surface area contributed by atoms with Crippen molar-refractivity contribution in [3.05, 3.63) is 29.3 Å². The van der Waals surface area contributed by atoms with Gasteiger partial charge in [-0.2, -0.15) is 0 Å². The lowest BCUT2D eigenvalue weighted by molar-refractivity contribution is -0.303. The Morgan fingerprint density at radius 1 is 0.879 bits per heavy atom. The van der Waals surface area contributed by atoms with Crippen molar-refractivity contribution in [2.45, 2.75) is 96.9 Å². The van der Waals surface area contributed by atoms with Crippen molar-refractivity contribution < 1.29 is 28.4 Å². The summed E-state index contributed by atoms with van der Waals surface area (Å²) in [5.74, 6) is 0.691. The molecule has 0 radical (unpaired) electrons. The van der Waals surface area contributed by atoms with Gasteiger partial charge in [-0.15, -0.1) is 0 Å². The Labute approximate surface area is 200 Å². The first-order valence-electron chi connectivity index (χ1n) is 12.9. The monoisotopic (exact) mass is 464 g/mol. The van der Waals surface area contributed by atoms with Crippen molar-refractivity contribution >= 4 is 0 Å². The standard InChI is InChI=1S/C27H44O6/c1-6-9-14-29-18-22-25(30-15-10-7-2)26(31-16-11-8-3)23-24(28-5)20-17-19(4)12-13-21(20)32-27(23)33-22/h12-13,17,22-27H,6-11,14-16,18H2,1-5H3/t22-,23-,24+,25+,26-,27+/m1/s1. The summed E-state index contributed by atoms with van der Waals surface area (Å²) in [7, 11) is 1.76. The van der Waals surface area contributed by atoms with Gasteiger partial charge in [-0.05, 0) is 38.3 Å². The molecule has 0 spiro atoms. The molecule has 0 aliphatic carbocycles. The lowest BCUT2D eigenvalue weighted by Crippen LogP contribution is -2.62. The van der Waals surface area contributed by atoms with Gasteiger partial charge in [0.05, 0.1) is 24.7 Å². The Balaban J connectivity index is 1.90. The zero-order valence-electron chi connectivity index (χ0n) is 21.2. The number of benzene rings is 1. The zero-order chi connectivity index (χ0) is 23.6. The molecule has 1 fully saturated rings. The molecule has 0 saturated carbocycles. The van der Waals surface area contributed by atoms with Crippen molar-refractivity contribution in [3.8, 4) is 5.75 Å². The second-order valence-electron chi connectivity index (χ2n) is 9.24. The molecule has 0 aromatic heterocycles. The first kappa shape index (κ1) is 26.4. The van der Waals surface area contributed by atoms with Crippen LogP contribution in [0.1, 0.15) is 76.5 Å². The summed E-state index contributed by atoms with van der Waals surface area (Å²) in [6, 6.07) is 6.22. The molecular weight excluding hydrogens is 420 g/mol. The van der Waals surface area contributed by atoms with Gasteiger partial charge in [0.15, 0.2) is 0 Å². The van der Waals surface area contributed by atoms with E-state index in [2.05, 4.69) is 39.8 Å². The van der Waals surface area contributed by atoms with Gasteiger partial charge in [0.25, 0.3) is 0 Å². The maximum absolute atomic E-state index is 6.55. The van der Waals surface area contributed by atoms with Crippen LogP contribution in [0.5, 0.6) is 5.75 Å². The van der Waals surface area contributed by atoms with E-state index in [1.807, 2.05) is 6.07 Å². The molecule has 33 heavy (non-hydrogen) atoms. The first-order chi connectivity index (χ1) is 16.1. The maximum atomic E-state index is 6.55. The summed E-state index contributed by atoms with van der Waals surface area (Å²) in [5.41, 5.74) is 2.23. The highest BCUT2D eigenvalue weighted by atomic mass is 16.7. The van der Waals surface area contributed by atoms with E-state index < -0.39 is 6.29 Å². The van der Waals surface area contributed by atoms with Crippen molar-refractivity contribution in [3.63, 3.8) is 0 Å². The molecule has 188 valence electrons. The quantitative estimate of drug-likeness (QED) is 0.334. The third-order valence-corrected chi connectivity index (χ3v) is 6.55. The predicted octanol–water partition coefficient (Wildman–Crippen LogP) is 5.60. The van der Waals surface area contributed by atoms with Crippen LogP contribution in [0.25, 0.3) is 0 Å². The third kappa shape index (κ3) is 6.70. The second kappa shape index (κ2) is 13.6. The van der Waals surface area contributed by atoms with Crippen LogP contribution in [0.15, 0.2) is 18.2 Å². The molecule has 1 aromatic rings. The highest BCUT2D eigenvalue weighted by Gasteiger charge is 2.54. The zero-order valence-corrected chi connectivity index (χ0v) is 21.2. The molecule has 2 heterocycles. The minimum atomic E-state index is -0.470. The Morgan fingerprint density at radius 2 is 1.55 bits per heavy atom. The number of methoxy groups -OCH3 is 1. The molecule has 0 unspecified atom stereocenters. The van der Waals surface area contributed by atoms with Gasteiger partial charge in [-0.1, -0.05) is 51.7 Å². The fraction of sp³-hybridized carbons (Fsp3) is 0.778. The van der Waals surface area contributed by atoms with E-state index in [-0.39, 0.29) is 30.3 Å². The van der Waals surface area contributed by atoms with E-state index >= 15 is 0 Å². The summed E-state index contributed by atoms with van der Waals surface area (Å²) < 4.78 is 38.0. The third-order valence-electron chi connectivity index (χ3n) is 6.55. The molecule has 6 nitrogen and oxygen atoms in total. The van der Waals surface area contributed by atoms with E-state index in [0.29, 0.717) is 19.8 Å². The van der Waals surface area contributed by atoms with Crippen LogP contribution in [-0.4, -0.2) is 58.1 Å². The van der Waals surface area contributed by atoms with Gasteiger partial charge in [0.1, 0.15) is 18.0 Å². The van der Waals surface area contributed by atoms with Gasteiger partial charge in [-0.25, -0.2) is 0 Å². The van der Waals surface area contributed by atoms with Crippen LogP contribution < -0.4 is 4.74 Å². The van der Waals surface area contributed by atoms with Gasteiger partial charge in [0, 0.05) is 32.5 Å². The number of ether oxygens (including phenoxy) is 6. The van der Waals surface area contributed by atoms with Crippen molar-refractivity contribution in [1.29, 1.82) is 0 Å². The smallest absolute Gasteiger partial charge is 0.208 e. The summed E-state index contributed by atoms with van der Waals surface area (Å²) in [5, 5.41) is 0. The van der Waals surface area contributed by atoms with Gasteiger partial charge >= 0.3 is 0 Å². The van der Waals surface area contributed by atoms with E-state index in [1.54, 1.807) is 7.11 Å². The SMILES string of the molecule is CCCCOC[C@H]1O[C@@H]2Oc3ccc(C)cc3[C@H](OC)[C@@H]2[C@@H](OCCCC)[C@H]1OCCCC. The molecule has 6 heteroatoms. The molecule has 6 atom stereocenters. The van der Waals surface area contributed by atoms with Crippen LogP contribution >= 0.6 is 0 Å². The number of rotatable bonds is 14. The molecule has 1 aromatic carbocycles. The lowest BCUT2D eigenvalue weighted by atomic mass is 9.81. The van der Waals surface area contributed by atoms with Crippen molar-refractivity contribution in [1.82, 2.24) is 0 Å². The summed E-state index contributed by atoms with van der Waals surface area (Å²) in [6.07, 6.45) is 4.95.